The summed E-state index contributed by atoms with van der Waals surface area (Å²) < 4.78 is 10.6. The lowest BCUT2D eigenvalue weighted by atomic mass is 10.2. The first kappa shape index (κ1) is 14.9. The van der Waals surface area contributed by atoms with Crippen molar-refractivity contribution in [3.63, 3.8) is 0 Å². The molecule has 0 radical (unpaired) electrons. The number of thioether (sulfide) groups is 1. The van der Waals surface area contributed by atoms with Crippen molar-refractivity contribution in [1.82, 2.24) is 5.32 Å². The van der Waals surface area contributed by atoms with Crippen molar-refractivity contribution < 1.29 is 19.1 Å². The predicted molar refractivity (Wildman–Crippen MR) is 60.6 cm³/mol. The normalized spacial score (nSPS) is 13.8. The second-order valence-corrected chi connectivity index (χ2v) is 6.01. The van der Waals surface area contributed by atoms with Crippen LogP contribution in [0.1, 0.15) is 13.3 Å². The van der Waals surface area contributed by atoms with Crippen LogP contribution in [0.3, 0.4) is 0 Å². The molecule has 0 aromatic heterocycles. The molecule has 8 heteroatoms. The zero-order valence-corrected chi connectivity index (χ0v) is 10.3. The second kappa shape index (κ2) is 7.24. The van der Waals surface area contributed by atoms with E-state index < -0.39 is 25.8 Å². The van der Waals surface area contributed by atoms with Crippen molar-refractivity contribution in [2.45, 2.75) is 19.4 Å². The third-order valence-electron chi connectivity index (χ3n) is 1.64. The summed E-state index contributed by atoms with van der Waals surface area (Å²) in [6, 6.07) is -0.670. The summed E-state index contributed by atoms with van der Waals surface area (Å²) in [6.45, 7) is 1.99. The van der Waals surface area contributed by atoms with Crippen molar-refractivity contribution in [1.29, 1.82) is 0 Å². The largest absolute Gasteiger partial charge is 0.368 e. The van der Waals surface area contributed by atoms with E-state index in [0.717, 1.165) is 11.5 Å². The third kappa shape index (κ3) is 8.89. The molecular formula is C7H17N2O4PS. The summed E-state index contributed by atoms with van der Waals surface area (Å²) in [5, 5.41) is 2.47. The second-order valence-electron chi connectivity index (χ2n) is 2.97. The summed E-state index contributed by atoms with van der Waals surface area (Å²) in [6.07, 6.45) is -0.0365. The van der Waals surface area contributed by atoms with Gasteiger partial charge in [-0.3, -0.25) is 14.7 Å². The fraction of sp³-hybridized carbons (Fsp3) is 0.857. The molecule has 0 spiro atoms. The van der Waals surface area contributed by atoms with Crippen molar-refractivity contribution >= 4 is 25.3 Å². The minimum absolute atomic E-state index is 0.480. The van der Waals surface area contributed by atoms with E-state index in [0.29, 0.717) is 6.42 Å². The van der Waals surface area contributed by atoms with Crippen molar-refractivity contribution in [3.05, 3.63) is 0 Å². The Morgan fingerprint density at radius 2 is 2.20 bits per heavy atom. The standard InChI is InChI=1S/C7H17N2O4PS/c1-2-15-4-3-6(7(8)10)9-5-14(11,12)13/h6,9H,2-5H2,1H3,(H2,8,10)(H2,11,12,13)/t6-/m0/s1. The minimum Gasteiger partial charge on any atom is -0.368 e. The monoisotopic (exact) mass is 256 g/mol. The number of amides is 1. The molecule has 0 unspecified atom stereocenters. The summed E-state index contributed by atoms with van der Waals surface area (Å²) in [5.41, 5.74) is 5.08. The molecule has 0 saturated heterocycles. The van der Waals surface area contributed by atoms with Crippen LogP contribution in [0.2, 0.25) is 0 Å². The van der Waals surface area contributed by atoms with Crippen LogP contribution < -0.4 is 11.1 Å². The Kier molecular flexibility index (Phi) is 7.21. The maximum Gasteiger partial charge on any atom is 0.339 e. The summed E-state index contributed by atoms with van der Waals surface area (Å²) in [4.78, 5) is 28.1. The topological polar surface area (TPSA) is 113 Å². The van der Waals surface area contributed by atoms with Crippen LogP contribution in [0.25, 0.3) is 0 Å². The van der Waals surface area contributed by atoms with Gasteiger partial charge in [0.1, 0.15) is 0 Å². The van der Waals surface area contributed by atoms with E-state index in [1.165, 1.54) is 0 Å². The van der Waals surface area contributed by atoms with E-state index >= 15 is 0 Å². The maximum atomic E-state index is 10.9. The van der Waals surface area contributed by atoms with Crippen LogP contribution in [-0.2, 0) is 9.36 Å². The number of rotatable bonds is 8. The van der Waals surface area contributed by atoms with E-state index in [2.05, 4.69) is 5.32 Å². The molecule has 0 fully saturated rings. The lowest BCUT2D eigenvalue weighted by Crippen LogP contribution is -2.42. The molecule has 1 atom stereocenters. The number of primary amides is 1. The van der Waals surface area contributed by atoms with Crippen LogP contribution in [0.15, 0.2) is 0 Å². The Hall–Kier alpha value is -0.0700. The first-order valence-corrected chi connectivity index (χ1v) is 7.47. The molecule has 0 aliphatic rings. The van der Waals surface area contributed by atoms with Gasteiger partial charge in [-0.2, -0.15) is 11.8 Å². The zero-order valence-electron chi connectivity index (χ0n) is 8.55. The fourth-order valence-corrected chi connectivity index (χ4v) is 2.07. The zero-order chi connectivity index (χ0) is 11.9. The first-order chi connectivity index (χ1) is 6.87. The molecule has 15 heavy (non-hydrogen) atoms. The molecule has 0 bridgehead atoms. The molecule has 5 N–H and O–H groups in total. The smallest absolute Gasteiger partial charge is 0.339 e. The number of carbonyl (C=O) groups is 1. The molecule has 0 aliphatic carbocycles. The van der Waals surface area contributed by atoms with Crippen LogP contribution in [0.5, 0.6) is 0 Å². The number of hydrogen-bond donors (Lipinski definition) is 4. The molecule has 90 valence electrons. The van der Waals surface area contributed by atoms with E-state index in [1.54, 1.807) is 11.8 Å². The van der Waals surface area contributed by atoms with Crippen LogP contribution >= 0.6 is 19.4 Å². The number of carbonyl (C=O) groups excluding carboxylic acids is 1. The Morgan fingerprint density at radius 1 is 1.60 bits per heavy atom. The molecule has 1 amide bonds. The predicted octanol–water partition coefficient (Wildman–Crippen LogP) is -0.292. The average Bonchev–Trinajstić information content (AvgIpc) is 2.08. The minimum atomic E-state index is -4.12. The third-order valence-corrected chi connectivity index (χ3v) is 3.17. The maximum absolute atomic E-state index is 10.9. The van der Waals surface area contributed by atoms with Gasteiger partial charge in [0, 0.05) is 0 Å². The van der Waals surface area contributed by atoms with Gasteiger partial charge in [0.05, 0.1) is 12.3 Å². The van der Waals surface area contributed by atoms with Gasteiger partial charge in [0.15, 0.2) is 0 Å². The van der Waals surface area contributed by atoms with Gasteiger partial charge in [-0.15, -0.1) is 0 Å². The lowest BCUT2D eigenvalue weighted by Gasteiger charge is -2.15. The highest BCUT2D eigenvalue weighted by Gasteiger charge is 2.19. The summed E-state index contributed by atoms with van der Waals surface area (Å²) in [7, 11) is -4.12. The quantitative estimate of drug-likeness (QED) is 0.350. The van der Waals surface area contributed by atoms with E-state index in [4.69, 9.17) is 15.5 Å². The molecule has 0 aromatic carbocycles. The van der Waals surface area contributed by atoms with Gasteiger partial charge in [-0.1, -0.05) is 6.92 Å². The van der Waals surface area contributed by atoms with Crippen LogP contribution in [0, 0.1) is 0 Å². The van der Waals surface area contributed by atoms with Crippen LogP contribution in [0.4, 0.5) is 0 Å². The highest BCUT2D eigenvalue weighted by molar-refractivity contribution is 7.99. The van der Waals surface area contributed by atoms with Gasteiger partial charge in [-0.25, -0.2) is 0 Å². The molecular weight excluding hydrogens is 239 g/mol. The number of nitrogens with one attached hydrogen (secondary N) is 1. The summed E-state index contributed by atoms with van der Waals surface area (Å²) in [5.74, 6) is 1.09. The first-order valence-electron chi connectivity index (χ1n) is 4.52. The molecule has 0 aromatic rings. The molecule has 0 aliphatic heterocycles. The summed E-state index contributed by atoms with van der Waals surface area (Å²) >= 11 is 1.65. The Balaban J connectivity index is 3.95. The Bertz CT molecular complexity index is 245. The molecule has 6 nitrogen and oxygen atoms in total. The van der Waals surface area contributed by atoms with Gasteiger partial charge >= 0.3 is 7.60 Å². The lowest BCUT2D eigenvalue weighted by molar-refractivity contribution is -0.119. The Labute approximate surface area is 93.2 Å². The highest BCUT2D eigenvalue weighted by Crippen LogP contribution is 2.32. The van der Waals surface area contributed by atoms with E-state index in [-0.39, 0.29) is 0 Å². The van der Waals surface area contributed by atoms with E-state index in [9.17, 15) is 9.36 Å². The number of nitrogens with two attached hydrogens (primary N) is 1. The molecule has 0 rings (SSSR count). The van der Waals surface area contributed by atoms with Crippen molar-refractivity contribution in [3.8, 4) is 0 Å². The van der Waals surface area contributed by atoms with Gasteiger partial charge in [0.2, 0.25) is 5.91 Å². The van der Waals surface area contributed by atoms with Gasteiger partial charge in [-0.05, 0) is 17.9 Å². The van der Waals surface area contributed by atoms with E-state index in [1.807, 2.05) is 6.92 Å². The molecule has 0 saturated carbocycles. The number of hydrogen-bond acceptors (Lipinski definition) is 4. The van der Waals surface area contributed by atoms with Crippen molar-refractivity contribution in [2.24, 2.45) is 5.73 Å². The van der Waals surface area contributed by atoms with Gasteiger partial charge < -0.3 is 15.5 Å². The average molecular weight is 256 g/mol. The van der Waals surface area contributed by atoms with Gasteiger partial charge in [0.25, 0.3) is 0 Å². The SMILES string of the molecule is CCSCC[C@H](NCP(=O)(O)O)C(N)=O. The van der Waals surface area contributed by atoms with Crippen molar-refractivity contribution in [2.75, 3.05) is 17.8 Å². The molecule has 0 heterocycles. The van der Waals surface area contributed by atoms with Crippen LogP contribution in [-0.4, -0.2) is 39.5 Å². The Morgan fingerprint density at radius 3 is 2.60 bits per heavy atom. The fourth-order valence-electron chi connectivity index (χ4n) is 0.920. The highest BCUT2D eigenvalue weighted by atomic mass is 32.2.